The first-order valence-corrected chi connectivity index (χ1v) is 10.0. The van der Waals surface area contributed by atoms with Gasteiger partial charge in [-0.05, 0) is 12.1 Å². The van der Waals surface area contributed by atoms with Gasteiger partial charge < -0.3 is 70.0 Å². The molecule has 192 valence electrons. The summed E-state index contributed by atoms with van der Waals surface area (Å²) in [5.74, 6) is -6.00. The Morgan fingerprint density at radius 2 is 1.53 bits per heavy atom. The van der Waals surface area contributed by atoms with Gasteiger partial charge in [0.1, 0.15) is 55.9 Å². The monoisotopic (exact) mass is 494 g/mol. The molecule has 1 aromatic rings. The second-order valence-electron chi connectivity index (χ2n) is 7.84. The van der Waals surface area contributed by atoms with Crippen LogP contribution in [-0.4, -0.2) is 132 Å². The van der Waals surface area contributed by atoms with Gasteiger partial charge in [-0.25, -0.2) is 4.79 Å². The van der Waals surface area contributed by atoms with Crippen LogP contribution in [0.3, 0.4) is 0 Å². The van der Waals surface area contributed by atoms with Crippen molar-refractivity contribution in [2.45, 2.75) is 54.8 Å². The fraction of sp³-hybridized carbons (Fsp3) is 0.632. The molecule has 0 radical (unpaired) electrons. The molecule has 2 fully saturated rings. The van der Waals surface area contributed by atoms with Crippen molar-refractivity contribution in [2.75, 3.05) is 19.8 Å². The number of ether oxygens (including phenoxy) is 4. The molecule has 0 amide bonds. The molecule has 15 nitrogen and oxygen atoms in total. The number of carbonyl (C=O) groups is 1. The van der Waals surface area contributed by atoms with E-state index in [0.29, 0.717) is 0 Å². The highest BCUT2D eigenvalue weighted by Crippen LogP contribution is 2.37. The van der Waals surface area contributed by atoms with Gasteiger partial charge in [-0.15, -0.1) is 0 Å². The molecule has 0 saturated carbocycles. The Balaban J connectivity index is 1.70. The van der Waals surface area contributed by atoms with Crippen LogP contribution in [0.2, 0.25) is 0 Å². The molecule has 15 heteroatoms. The summed E-state index contributed by atoms with van der Waals surface area (Å²) in [6.07, 6.45) is -13.9. The van der Waals surface area contributed by atoms with Crippen LogP contribution in [0, 0.1) is 0 Å². The minimum absolute atomic E-state index is 0.369. The third kappa shape index (κ3) is 4.76. The van der Waals surface area contributed by atoms with Crippen LogP contribution >= 0.6 is 0 Å². The second kappa shape index (κ2) is 10.1. The van der Waals surface area contributed by atoms with E-state index in [1.165, 1.54) is 0 Å². The summed E-state index contributed by atoms with van der Waals surface area (Å²) in [6, 6.07) is 1.61. The van der Waals surface area contributed by atoms with Crippen LogP contribution in [0.1, 0.15) is 10.4 Å². The maximum absolute atomic E-state index is 12.2. The molecule has 10 N–H and O–H groups in total. The third-order valence-electron chi connectivity index (χ3n) is 5.57. The lowest BCUT2D eigenvalue weighted by Crippen LogP contribution is -2.62. The van der Waals surface area contributed by atoms with Crippen molar-refractivity contribution < 1.29 is 74.8 Å². The molecule has 1 aromatic carbocycles. The van der Waals surface area contributed by atoms with E-state index in [1.54, 1.807) is 0 Å². The maximum atomic E-state index is 12.2. The van der Waals surface area contributed by atoms with Crippen LogP contribution in [0.5, 0.6) is 17.2 Å². The summed E-state index contributed by atoms with van der Waals surface area (Å²) in [4.78, 5) is 12.2. The Labute approximate surface area is 191 Å². The lowest BCUT2D eigenvalue weighted by atomic mass is 9.99. The summed E-state index contributed by atoms with van der Waals surface area (Å²) in [5, 5.41) is 98.0. The van der Waals surface area contributed by atoms with Crippen LogP contribution in [0.4, 0.5) is 0 Å². The summed E-state index contributed by atoms with van der Waals surface area (Å²) in [6.45, 7) is -2.60. The van der Waals surface area contributed by atoms with Crippen LogP contribution in [-0.2, 0) is 18.9 Å². The van der Waals surface area contributed by atoms with E-state index in [0.717, 1.165) is 12.1 Å². The fourth-order valence-electron chi connectivity index (χ4n) is 3.58. The molecular formula is C19H26O15. The largest absolute Gasteiger partial charge is 0.504 e. The van der Waals surface area contributed by atoms with Gasteiger partial charge in [-0.3, -0.25) is 0 Å². The molecule has 2 saturated heterocycles. The van der Waals surface area contributed by atoms with Crippen molar-refractivity contribution in [3.63, 3.8) is 0 Å². The smallest absolute Gasteiger partial charge is 0.338 e. The Morgan fingerprint density at radius 3 is 2.09 bits per heavy atom. The summed E-state index contributed by atoms with van der Waals surface area (Å²) >= 11 is 0. The average molecular weight is 494 g/mol. The molecule has 2 aliphatic heterocycles. The molecule has 3 rings (SSSR count). The van der Waals surface area contributed by atoms with Crippen molar-refractivity contribution in [1.82, 2.24) is 0 Å². The van der Waals surface area contributed by atoms with E-state index in [1.807, 2.05) is 0 Å². The summed E-state index contributed by atoms with van der Waals surface area (Å²) < 4.78 is 20.8. The lowest BCUT2D eigenvalue weighted by Gasteiger charge is -2.43. The van der Waals surface area contributed by atoms with Crippen LogP contribution in [0.15, 0.2) is 12.1 Å². The number of hydrogen-bond donors (Lipinski definition) is 10. The standard InChI is InChI=1S/C19H26O15/c20-3-9-12(25)14(27)15(28)18(32-9)34-19(5-21)16(29)13(26)10(33-19)4-31-17(30)6-1-7(22)11(24)8(23)2-6/h1-2,9-10,12-16,18,20-29H,3-5H2. The lowest BCUT2D eigenvalue weighted by molar-refractivity contribution is -0.383. The molecule has 0 spiro atoms. The van der Waals surface area contributed by atoms with Gasteiger partial charge in [-0.1, -0.05) is 0 Å². The Hall–Kier alpha value is -2.31. The Morgan fingerprint density at radius 1 is 0.912 bits per heavy atom. The number of benzene rings is 1. The normalized spacial score (nSPS) is 38.1. The third-order valence-corrected chi connectivity index (χ3v) is 5.57. The number of rotatable bonds is 7. The van der Waals surface area contributed by atoms with Gasteiger partial charge in [0.2, 0.25) is 5.79 Å². The molecule has 9 atom stereocenters. The fourth-order valence-corrected chi connectivity index (χ4v) is 3.58. The van der Waals surface area contributed by atoms with Gasteiger partial charge in [0.05, 0.1) is 12.2 Å². The van der Waals surface area contributed by atoms with E-state index in [-0.39, 0.29) is 5.56 Å². The average Bonchev–Trinajstić information content (AvgIpc) is 3.05. The quantitative estimate of drug-likeness (QED) is 0.127. The highest BCUT2D eigenvalue weighted by molar-refractivity contribution is 5.91. The predicted molar refractivity (Wildman–Crippen MR) is 103 cm³/mol. The molecule has 9 unspecified atom stereocenters. The molecule has 2 heterocycles. The Kier molecular flexibility index (Phi) is 7.83. The topological polar surface area (TPSA) is 256 Å². The highest BCUT2D eigenvalue weighted by atomic mass is 16.8. The first-order valence-electron chi connectivity index (χ1n) is 10.0. The molecule has 2 aliphatic rings. The van der Waals surface area contributed by atoms with Crippen molar-refractivity contribution in [3.05, 3.63) is 17.7 Å². The summed E-state index contributed by atoms with van der Waals surface area (Å²) in [7, 11) is 0. The number of aliphatic hydroxyl groups is 7. The van der Waals surface area contributed by atoms with Crippen molar-refractivity contribution >= 4 is 5.97 Å². The second-order valence-corrected chi connectivity index (χ2v) is 7.84. The van der Waals surface area contributed by atoms with Crippen LogP contribution < -0.4 is 0 Å². The van der Waals surface area contributed by atoms with E-state index >= 15 is 0 Å². The number of aliphatic hydroxyl groups excluding tert-OH is 7. The molecule has 34 heavy (non-hydrogen) atoms. The molecule has 0 aromatic heterocycles. The number of phenols is 3. The van der Waals surface area contributed by atoms with Crippen molar-refractivity contribution in [2.24, 2.45) is 0 Å². The minimum Gasteiger partial charge on any atom is -0.504 e. The van der Waals surface area contributed by atoms with E-state index in [2.05, 4.69) is 0 Å². The van der Waals surface area contributed by atoms with E-state index < -0.39 is 97.8 Å². The van der Waals surface area contributed by atoms with Gasteiger partial charge in [-0.2, -0.15) is 0 Å². The number of phenolic OH excluding ortho intramolecular Hbond substituents is 3. The molecule has 0 bridgehead atoms. The zero-order valence-electron chi connectivity index (χ0n) is 17.4. The highest BCUT2D eigenvalue weighted by Gasteiger charge is 2.58. The summed E-state index contributed by atoms with van der Waals surface area (Å²) in [5.41, 5.74) is -0.369. The van der Waals surface area contributed by atoms with Gasteiger partial charge in [0, 0.05) is 0 Å². The first kappa shape index (κ1) is 26.3. The van der Waals surface area contributed by atoms with E-state index in [4.69, 9.17) is 18.9 Å². The Bertz CT molecular complexity index is 854. The van der Waals surface area contributed by atoms with Gasteiger partial charge in [0.25, 0.3) is 0 Å². The van der Waals surface area contributed by atoms with Crippen molar-refractivity contribution in [1.29, 1.82) is 0 Å². The zero-order valence-corrected chi connectivity index (χ0v) is 17.4. The predicted octanol–water partition coefficient (Wildman–Crippen LogP) is -4.41. The number of hydrogen-bond acceptors (Lipinski definition) is 15. The zero-order chi connectivity index (χ0) is 25.4. The molecular weight excluding hydrogens is 468 g/mol. The van der Waals surface area contributed by atoms with Crippen LogP contribution in [0.25, 0.3) is 0 Å². The number of esters is 1. The van der Waals surface area contributed by atoms with Crippen molar-refractivity contribution in [3.8, 4) is 17.2 Å². The van der Waals surface area contributed by atoms with Gasteiger partial charge in [0.15, 0.2) is 23.5 Å². The number of aromatic hydroxyl groups is 3. The minimum atomic E-state index is -2.43. The SMILES string of the molecule is O=C(OCC1OC(CO)(OC2OC(CO)C(O)C(O)C2O)C(O)C1O)c1cc(O)c(O)c(O)c1. The maximum Gasteiger partial charge on any atom is 0.338 e. The number of carbonyl (C=O) groups excluding carboxylic acids is 1. The first-order chi connectivity index (χ1) is 16.0. The van der Waals surface area contributed by atoms with Gasteiger partial charge >= 0.3 is 5.97 Å². The molecule has 0 aliphatic carbocycles. The van der Waals surface area contributed by atoms with E-state index in [9.17, 15) is 55.9 Å².